The lowest BCUT2D eigenvalue weighted by Crippen LogP contribution is -2.21. The number of ether oxygens (including phenoxy) is 2. The zero-order chi connectivity index (χ0) is 15.0. The van der Waals surface area contributed by atoms with Crippen LogP contribution in [-0.2, 0) is 25.9 Å². The van der Waals surface area contributed by atoms with E-state index in [1.165, 1.54) is 0 Å². The van der Waals surface area contributed by atoms with Gasteiger partial charge in [-0.25, -0.2) is 8.42 Å². The highest BCUT2D eigenvalue weighted by Crippen LogP contribution is 2.12. The van der Waals surface area contributed by atoms with Crippen molar-refractivity contribution >= 4 is 15.8 Å². The maximum absolute atomic E-state index is 11.5. The van der Waals surface area contributed by atoms with Gasteiger partial charge in [0.05, 0.1) is 19.5 Å². The minimum absolute atomic E-state index is 0.108. The number of carbonyl (C=O) groups is 1. The summed E-state index contributed by atoms with van der Waals surface area (Å²) in [7, 11) is -2.27. The van der Waals surface area contributed by atoms with E-state index in [0.29, 0.717) is 18.7 Å². The standard InChI is InChI=1S/C13H19NO5S/c1-18-13(15)10-20(16,17)8-2-7-19-12-5-3-11(9-14)4-6-12/h3-6H,2,7-10,14H2,1H3. The van der Waals surface area contributed by atoms with Crippen LogP contribution in [0.2, 0.25) is 0 Å². The van der Waals surface area contributed by atoms with Crippen LogP contribution in [0.15, 0.2) is 24.3 Å². The zero-order valence-corrected chi connectivity index (χ0v) is 12.2. The molecule has 1 aromatic carbocycles. The van der Waals surface area contributed by atoms with Crippen molar-refractivity contribution in [3.05, 3.63) is 29.8 Å². The molecule has 1 aromatic rings. The quantitative estimate of drug-likeness (QED) is 0.555. The highest BCUT2D eigenvalue weighted by Gasteiger charge is 2.16. The lowest BCUT2D eigenvalue weighted by Gasteiger charge is -2.07. The molecule has 0 aliphatic rings. The second kappa shape index (κ2) is 7.86. The third-order valence-corrected chi connectivity index (χ3v) is 4.18. The Kier molecular flexibility index (Phi) is 6.47. The van der Waals surface area contributed by atoms with Crippen LogP contribution in [0, 0.1) is 0 Å². The van der Waals surface area contributed by atoms with Crippen LogP contribution in [0.1, 0.15) is 12.0 Å². The number of nitrogens with two attached hydrogens (primary N) is 1. The average molecular weight is 301 g/mol. The number of hydrogen-bond donors (Lipinski definition) is 1. The summed E-state index contributed by atoms with van der Waals surface area (Å²) in [6, 6.07) is 7.27. The Morgan fingerprint density at radius 3 is 2.45 bits per heavy atom. The van der Waals surface area contributed by atoms with Gasteiger partial charge >= 0.3 is 5.97 Å². The summed E-state index contributed by atoms with van der Waals surface area (Å²) in [6.45, 7) is 0.731. The summed E-state index contributed by atoms with van der Waals surface area (Å²) in [5.41, 5.74) is 6.47. The van der Waals surface area contributed by atoms with Crippen molar-refractivity contribution in [2.24, 2.45) is 5.73 Å². The summed E-state index contributed by atoms with van der Waals surface area (Å²) in [4.78, 5) is 10.9. The van der Waals surface area contributed by atoms with E-state index in [-0.39, 0.29) is 12.4 Å². The Bertz CT molecular complexity index is 524. The Balaban J connectivity index is 2.32. The summed E-state index contributed by atoms with van der Waals surface area (Å²) < 4.78 is 32.8. The fourth-order valence-corrected chi connectivity index (χ4v) is 2.68. The second-order valence-electron chi connectivity index (χ2n) is 4.22. The molecule has 0 heterocycles. The molecule has 0 amide bonds. The van der Waals surface area contributed by atoms with Crippen molar-refractivity contribution < 1.29 is 22.7 Å². The minimum Gasteiger partial charge on any atom is -0.494 e. The van der Waals surface area contributed by atoms with Gasteiger partial charge in [0, 0.05) is 6.54 Å². The first kappa shape index (κ1) is 16.5. The molecular formula is C13H19NO5S. The van der Waals surface area contributed by atoms with E-state index >= 15 is 0 Å². The molecule has 20 heavy (non-hydrogen) atoms. The van der Waals surface area contributed by atoms with Crippen LogP contribution in [0.25, 0.3) is 0 Å². The first-order valence-corrected chi connectivity index (χ1v) is 7.98. The van der Waals surface area contributed by atoms with Gasteiger partial charge in [-0.05, 0) is 24.1 Å². The van der Waals surface area contributed by atoms with E-state index in [1.54, 1.807) is 12.1 Å². The lowest BCUT2D eigenvalue weighted by atomic mass is 10.2. The third-order valence-electron chi connectivity index (χ3n) is 2.59. The first-order chi connectivity index (χ1) is 9.46. The fraction of sp³-hybridized carbons (Fsp3) is 0.462. The van der Waals surface area contributed by atoms with E-state index in [9.17, 15) is 13.2 Å². The van der Waals surface area contributed by atoms with E-state index in [1.807, 2.05) is 12.1 Å². The third kappa shape index (κ3) is 6.03. The van der Waals surface area contributed by atoms with Gasteiger partial charge in [0.25, 0.3) is 0 Å². The second-order valence-corrected chi connectivity index (χ2v) is 6.40. The molecule has 0 aliphatic carbocycles. The summed E-state index contributed by atoms with van der Waals surface area (Å²) in [5, 5.41) is 0. The van der Waals surface area contributed by atoms with Crippen LogP contribution >= 0.6 is 0 Å². The maximum atomic E-state index is 11.5. The number of benzene rings is 1. The molecule has 0 spiro atoms. The van der Waals surface area contributed by atoms with Crippen LogP contribution in [0.5, 0.6) is 5.75 Å². The number of rotatable bonds is 8. The largest absolute Gasteiger partial charge is 0.494 e. The molecule has 112 valence electrons. The molecule has 7 heteroatoms. The summed E-state index contributed by atoms with van der Waals surface area (Å²) >= 11 is 0. The van der Waals surface area contributed by atoms with Crippen LogP contribution in [0.4, 0.5) is 0 Å². The SMILES string of the molecule is COC(=O)CS(=O)(=O)CCCOc1ccc(CN)cc1. The van der Waals surface area contributed by atoms with Crippen LogP contribution in [0.3, 0.4) is 0 Å². The number of hydrogen-bond acceptors (Lipinski definition) is 6. The van der Waals surface area contributed by atoms with Crippen molar-refractivity contribution in [1.82, 2.24) is 0 Å². The molecule has 0 fully saturated rings. The molecule has 0 radical (unpaired) electrons. The van der Waals surface area contributed by atoms with E-state index < -0.39 is 21.6 Å². The fourth-order valence-electron chi connectivity index (χ4n) is 1.50. The molecule has 0 saturated carbocycles. The van der Waals surface area contributed by atoms with E-state index in [4.69, 9.17) is 10.5 Å². The Labute approximate surface area is 118 Å². The summed E-state index contributed by atoms with van der Waals surface area (Å²) in [5.74, 6) is -0.784. The summed E-state index contributed by atoms with van der Waals surface area (Å²) in [6.07, 6.45) is 0.317. The van der Waals surface area contributed by atoms with E-state index in [2.05, 4.69) is 4.74 Å². The van der Waals surface area contributed by atoms with Gasteiger partial charge in [0.1, 0.15) is 11.5 Å². The average Bonchev–Trinajstić information content (AvgIpc) is 2.43. The number of sulfone groups is 1. The molecule has 0 aliphatic heterocycles. The van der Waals surface area contributed by atoms with E-state index in [0.717, 1.165) is 12.7 Å². The highest BCUT2D eigenvalue weighted by atomic mass is 32.2. The molecule has 0 aromatic heterocycles. The van der Waals surface area contributed by atoms with Gasteiger partial charge in [-0.1, -0.05) is 12.1 Å². The van der Waals surface area contributed by atoms with Crippen LogP contribution in [-0.4, -0.2) is 39.6 Å². The Hall–Kier alpha value is -1.60. The molecule has 6 nitrogen and oxygen atoms in total. The zero-order valence-electron chi connectivity index (χ0n) is 11.4. The first-order valence-electron chi connectivity index (χ1n) is 6.16. The predicted octanol–water partition coefficient (Wildman–Crippen LogP) is 0.502. The highest BCUT2D eigenvalue weighted by molar-refractivity contribution is 7.92. The van der Waals surface area contributed by atoms with Crippen molar-refractivity contribution in [3.63, 3.8) is 0 Å². The van der Waals surface area contributed by atoms with Gasteiger partial charge in [0.2, 0.25) is 0 Å². The van der Waals surface area contributed by atoms with Gasteiger partial charge in [-0.15, -0.1) is 0 Å². The van der Waals surface area contributed by atoms with Gasteiger partial charge in [-0.2, -0.15) is 0 Å². The molecule has 1 rings (SSSR count). The smallest absolute Gasteiger partial charge is 0.320 e. The normalized spacial score (nSPS) is 11.1. The monoisotopic (exact) mass is 301 g/mol. The van der Waals surface area contributed by atoms with Gasteiger partial charge < -0.3 is 15.2 Å². The van der Waals surface area contributed by atoms with Crippen molar-refractivity contribution in [1.29, 1.82) is 0 Å². The van der Waals surface area contributed by atoms with Crippen LogP contribution < -0.4 is 10.5 Å². The number of esters is 1. The topological polar surface area (TPSA) is 95.7 Å². The Morgan fingerprint density at radius 2 is 1.90 bits per heavy atom. The Morgan fingerprint density at radius 1 is 1.25 bits per heavy atom. The van der Waals surface area contributed by atoms with Gasteiger partial charge in [0.15, 0.2) is 9.84 Å². The minimum atomic E-state index is -3.43. The predicted molar refractivity (Wildman–Crippen MR) is 75.1 cm³/mol. The lowest BCUT2D eigenvalue weighted by molar-refractivity contribution is -0.137. The van der Waals surface area contributed by atoms with Crippen molar-refractivity contribution in [3.8, 4) is 5.75 Å². The molecule has 0 bridgehead atoms. The van der Waals surface area contributed by atoms with Crippen molar-refractivity contribution in [2.45, 2.75) is 13.0 Å². The number of methoxy groups -OCH3 is 1. The molecule has 0 atom stereocenters. The molecule has 0 unspecified atom stereocenters. The number of carbonyl (C=O) groups excluding carboxylic acids is 1. The van der Waals surface area contributed by atoms with Gasteiger partial charge in [-0.3, -0.25) is 4.79 Å². The molecule has 2 N–H and O–H groups in total. The molecule has 0 saturated heterocycles. The molecular weight excluding hydrogens is 282 g/mol. The maximum Gasteiger partial charge on any atom is 0.320 e. The van der Waals surface area contributed by atoms with Crippen molar-refractivity contribution in [2.75, 3.05) is 25.2 Å².